The fourth-order valence-electron chi connectivity index (χ4n) is 4.54. The number of thiocarbonyl (C=S) groups is 1. The summed E-state index contributed by atoms with van der Waals surface area (Å²) in [6.45, 7) is 7.06. The molecule has 158 valence electrons. The normalized spacial score (nSPS) is 18.9. The first kappa shape index (κ1) is 21.8. The Morgan fingerprint density at radius 3 is 2.63 bits per heavy atom. The summed E-state index contributed by atoms with van der Waals surface area (Å²) >= 11 is 10.6. The molecule has 0 spiro atoms. The number of halogens is 1. The Balaban J connectivity index is 1.56. The van der Waals surface area contributed by atoms with Gasteiger partial charge in [-0.15, -0.1) is 0 Å². The highest BCUT2D eigenvalue weighted by atomic mass is 79.9. The third kappa shape index (κ3) is 4.32. The molecule has 1 aromatic heterocycles. The van der Waals surface area contributed by atoms with Crippen LogP contribution in [-0.4, -0.2) is 26.2 Å². The van der Waals surface area contributed by atoms with Gasteiger partial charge in [-0.3, -0.25) is 9.69 Å². The van der Waals surface area contributed by atoms with Gasteiger partial charge >= 0.3 is 0 Å². The van der Waals surface area contributed by atoms with Gasteiger partial charge in [-0.05, 0) is 74.6 Å². The molecule has 1 saturated carbocycles. The van der Waals surface area contributed by atoms with Crippen LogP contribution in [0.4, 0.5) is 0 Å². The second-order valence-corrected chi connectivity index (χ2v) is 10.9. The number of hydrogen-bond acceptors (Lipinski definition) is 3. The Bertz CT molecular complexity index is 1030. The van der Waals surface area contributed by atoms with Crippen molar-refractivity contribution in [1.29, 1.82) is 0 Å². The monoisotopic (exact) mass is 502 g/mol. The van der Waals surface area contributed by atoms with Gasteiger partial charge in [0.1, 0.15) is 4.32 Å². The highest BCUT2D eigenvalue weighted by Crippen LogP contribution is 2.36. The van der Waals surface area contributed by atoms with Crippen molar-refractivity contribution in [3.63, 3.8) is 0 Å². The first-order valence-corrected chi connectivity index (χ1v) is 12.6. The van der Waals surface area contributed by atoms with E-state index in [1.165, 1.54) is 43.0 Å². The Morgan fingerprint density at radius 2 is 1.93 bits per heavy atom. The van der Waals surface area contributed by atoms with Gasteiger partial charge in [0.05, 0.1) is 4.91 Å². The fraction of sp³-hybridized carbons (Fsp3) is 0.417. The smallest absolute Gasteiger partial charge is 0.266 e. The topological polar surface area (TPSA) is 25.2 Å². The number of carbonyl (C=O) groups is 1. The quantitative estimate of drug-likeness (QED) is 0.326. The number of rotatable bonds is 5. The van der Waals surface area contributed by atoms with Crippen molar-refractivity contribution >= 4 is 56.2 Å². The maximum absolute atomic E-state index is 13.0. The summed E-state index contributed by atoms with van der Waals surface area (Å²) in [4.78, 5) is 15.6. The number of hydrogen-bond donors (Lipinski definition) is 0. The lowest BCUT2D eigenvalue weighted by atomic mass is 10.0. The second-order valence-electron chi connectivity index (χ2n) is 8.37. The van der Waals surface area contributed by atoms with Crippen LogP contribution in [0.25, 0.3) is 11.8 Å². The Kier molecular flexibility index (Phi) is 6.56. The van der Waals surface area contributed by atoms with E-state index in [9.17, 15) is 4.79 Å². The van der Waals surface area contributed by atoms with Crippen LogP contribution in [0.1, 0.15) is 54.6 Å². The van der Waals surface area contributed by atoms with Crippen molar-refractivity contribution in [2.24, 2.45) is 5.92 Å². The van der Waals surface area contributed by atoms with Crippen molar-refractivity contribution in [2.75, 3.05) is 6.54 Å². The van der Waals surface area contributed by atoms with Crippen LogP contribution in [0.15, 0.2) is 33.6 Å². The molecule has 2 aromatic rings. The van der Waals surface area contributed by atoms with E-state index in [1.807, 2.05) is 6.08 Å². The van der Waals surface area contributed by atoms with Gasteiger partial charge in [-0.25, -0.2) is 0 Å². The molecule has 0 unspecified atom stereocenters. The minimum atomic E-state index is 0.0623. The third-order valence-corrected chi connectivity index (χ3v) is 8.53. The molecule has 1 saturated heterocycles. The summed E-state index contributed by atoms with van der Waals surface area (Å²) in [6.07, 6.45) is 8.34. The van der Waals surface area contributed by atoms with Gasteiger partial charge < -0.3 is 4.57 Å². The van der Waals surface area contributed by atoms with Crippen LogP contribution < -0.4 is 0 Å². The molecule has 2 fully saturated rings. The summed E-state index contributed by atoms with van der Waals surface area (Å²) < 4.78 is 4.04. The summed E-state index contributed by atoms with van der Waals surface area (Å²) in [7, 11) is 0. The summed E-state index contributed by atoms with van der Waals surface area (Å²) in [5.74, 6) is 0.819. The molecule has 1 aliphatic heterocycles. The van der Waals surface area contributed by atoms with Crippen molar-refractivity contribution in [3.8, 4) is 5.69 Å². The predicted octanol–water partition coefficient (Wildman–Crippen LogP) is 6.95. The van der Waals surface area contributed by atoms with Gasteiger partial charge in [0, 0.05) is 28.1 Å². The van der Waals surface area contributed by atoms with E-state index in [0.29, 0.717) is 4.32 Å². The summed E-state index contributed by atoms with van der Waals surface area (Å²) in [5, 5.41) is 0. The average Bonchev–Trinajstić information content (AvgIpc) is 3.38. The minimum Gasteiger partial charge on any atom is -0.318 e. The molecule has 2 aliphatic rings. The van der Waals surface area contributed by atoms with Crippen LogP contribution in [0.3, 0.4) is 0 Å². The van der Waals surface area contributed by atoms with Gasteiger partial charge in [-0.2, -0.15) is 0 Å². The number of thioether (sulfide) groups is 1. The highest BCUT2D eigenvalue weighted by molar-refractivity contribution is 9.10. The zero-order valence-corrected chi connectivity index (χ0v) is 20.9. The van der Waals surface area contributed by atoms with Gasteiger partial charge in [0.2, 0.25) is 0 Å². The summed E-state index contributed by atoms with van der Waals surface area (Å²) in [6, 6.07) is 8.52. The molecule has 3 nitrogen and oxygen atoms in total. The van der Waals surface area contributed by atoms with E-state index < -0.39 is 0 Å². The molecule has 0 atom stereocenters. The van der Waals surface area contributed by atoms with E-state index in [1.54, 1.807) is 4.90 Å². The molecule has 0 bridgehead atoms. The molecule has 0 N–H and O–H groups in total. The Labute approximate surface area is 197 Å². The Morgan fingerprint density at radius 1 is 1.20 bits per heavy atom. The van der Waals surface area contributed by atoms with Crippen molar-refractivity contribution in [1.82, 2.24) is 9.47 Å². The zero-order chi connectivity index (χ0) is 21.4. The number of amides is 1. The number of nitrogens with zero attached hydrogens (tertiary/aromatic N) is 2. The number of aryl methyl sites for hydroxylation is 2. The van der Waals surface area contributed by atoms with Crippen LogP contribution in [-0.2, 0) is 4.79 Å². The van der Waals surface area contributed by atoms with Gasteiger partial charge in [0.15, 0.2) is 0 Å². The SMILES string of the molecule is Cc1cc(-n2c(C)cc(/C=C3\SC(=S)N(CCC4CCCC4)C3=O)c2C)ccc1Br. The molecule has 4 rings (SSSR count). The summed E-state index contributed by atoms with van der Waals surface area (Å²) in [5.41, 5.74) is 5.69. The standard InChI is InChI=1S/C24H27BrN2OS2/c1-15-12-20(8-9-21(15)25)27-16(2)13-19(17(27)3)14-22-23(28)26(24(29)30-22)11-10-18-6-4-5-7-18/h8-9,12-14,18H,4-7,10-11H2,1-3H3/b22-14-. The third-order valence-electron chi connectivity index (χ3n) is 6.27. The van der Waals surface area contributed by atoms with Gasteiger partial charge in [0.25, 0.3) is 5.91 Å². The molecule has 30 heavy (non-hydrogen) atoms. The van der Waals surface area contributed by atoms with Crippen LogP contribution >= 0.6 is 39.9 Å². The van der Waals surface area contributed by atoms with E-state index in [-0.39, 0.29) is 5.91 Å². The molecule has 1 aromatic carbocycles. The van der Waals surface area contributed by atoms with Gasteiger partial charge in [-0.1, -0.05) is 65.6 Å². The lowest BCUT2D eigenvalue weighted by Gasteiger charge is -2.17. The maximum atomic E-state index is 13.0. The number of benzene rings is 1. The second kappa shape index (κ2) is 9.01. The van der Waals surface area contributed by atoms with Crippen LogP contribution in [0.2, 0.25) is 0 Å². The van der Waals surface area contributed by atoms with E-state index >= 15 is 0 Å². The van der Waals surface area contributed by atoms with Crippen molar-refractivity contribution in [2.45, 2.75) is 52.9 Å². The van der Waals surface area contributed by atoms with Crippen LogP contribution in [0.5, 0.6) is 0 Å². The minimum absolute atomic E-state index is 0.0623. The van der Waals surface area contributed by atoms with Crippen LogP contribution in [0, 0.1) is 26.7 Å². The maximum Gasteiger partial charge on any atom is 0.266 e. The first-order chi connectivity index (χ1) is 14.3. The lowest BCUT2D eigenvalue weighted by molar-refractivity contribution is -0.122. The molecule has 6 heteroatoms. The van der Waals surface area contributed by atoms with E-state index in [2.05, 4.69) is 65.5 Å². The van der Waals surface area contributed by atoms with E-state index in [0.717, 1.165) is 50.9 Å². The number of aromatic nitrogens is 1. The van der Waals surface area contributed by atoms with E-state index in [4.69, 9.17) is 12.2 Å². The molecule has 1 amide bonds. The highest BCUT2D eigenvalue weighted by Gasteiger charge is 2.32. The lowest BCUT2D eigenvalue weighted by Crippen LogP contribution is -2.30. The Hall–Kier alpha value is -1.37. The fourth-order valence-corrected chi connectivity index (χ4v) is 6.09. The molecule has 2 heterocycles. The number of carbonyl (C=O) groups excluding carboxylic acids is 1. The van der Waals surface area contributed by atoms with Crippen molar-refractivity contribution < 1.29 is 4.79 Å². The predicted molar refractivity (Wildman–Crippen MR) is 134 cm³/mol. The molecule has 1 aliphatic carbocycles. The van der Waals surface area contributed by atoms with Crippen molar-refractivity contribution in [3.05, 3.63) is 56.2 Å². The first-order valence-electron chi connectivity index (χ1n) is 10.6. The molecule has 0 radical (unpaired) electrons. The zero-order valence-electron chi connectivity index (χ0n) is 17.7. The molecular weight excluding hydrogens is 476 g/mol. The largest absolute Gasteiger partial charge is 0.318 e. The molecular formula is C24H27BrN2OS2. The average molecular weight is 504 g/mol.